The summed E-state index contributed by atoms with van der Waals surface area (Å²) in [6.07, 6.45) is 6.13. The minimum Gasteiger partial charge on any atom is -0.447 e. The number of amides is 1. The van der Waals surface area contributed by atoms with Crippen LogP contribution >= 0.6 is 0 Å². The summed E-state index contributed by atoms with van der Waals surface area (Å²) in [6, 6.07) is 3.87. The molecule has 0 aliphatic rings. The number of aryl methyl sites for hydroxylation is 1. The van der Waals surface area contributed by atoms with Gasteiger partial charge in [0.05, 0.1) is 12.3 Å². The highest BCUT2D eigenvalue weighted by Gasteiger charge is 2.10. The van der Waals surface area contributed by atoms with Crippen LogP contribution in [-0.2, 0) is 11.2 Å². The summed E-state index contributed by atoms with van der Waals surface area (Å²) in [6.45, 7) is 4.40. The van der Waals surface area contributed by atoms with E-state index >= 15 is 0 Å². The first-order valence-corrected chi connectivity index (χ1v) is 7.27. The molecule has 0 bridgehead atoms. The van der Waals surface area contributed by atoms with Crippen molar-refractivity contribution in [2.45, 2.75) is 39.2 Å². The molecule has 6 nitrogen and oxygen atoms in total. The number of carbonyl (C=O) groups is 1. The van der Waals surface area contributed by atoms with Crippen molar-refractivity contribution in [1.82, 2.24) is 19.5 Å². The molecule has 0 aliphatic carbocycles. The molecule has 0 atom stereocenters. The van der Waals surface area contributed by atoms with Gasteiger partial charge in [0, 0.05) is 31.5 Å². The SMILES string of the molecule is CC(C)OC(=O)N(C)CCCCc1ccn2nccc2n1. The molecule has 0 spiro atoms. The average Bonchev–Trinajstić information content (AvgIpc) is 2.90. The fourth-order valence-electron chi connectivity index (χ4n) is 2.03. The number of nitrogens with zero attached hydrogens (tertiary/aromatic N) is 4. The highest BCUT2D eigenvalue weighted by molar-refractivity contribution is 5.67. The third-order valence-corrected chi connectivity index (χ3v) is 3.14. The van der Waals surface area contributed by atoms with Crippen molar-refractivity contribution >= 4 is 11.7 Å². The zero-order chi connectivity index (χ0) is 15.2. The minimum absolute atomic E-state index is 0.0773. The maximum absolute atomic E-state index is 11.6. The summed E-state index contributed by atoms with van der Waals surface area (Å²) in [5.41, 5.74) is 1.92. The lowest BCUT2D eigenvalue weighted by molar-refractivity contribution is 0.0837. The van der Waals surface area contributed by atoms with Gasteiger partial charge in [-0.2, -0.15) is 5.10 Å². The molecule has 2 rings (SSSR count). The molecule has 0 fully saturated rings. The van der Waals surface area contributed by atoms with Crippen molar-refractivity contribution in [3.63, 3.8) is 0 Å². The molecule has 2 aromatic heterocycles. The summed E-state index contributed by atoms with van der Waals surface area (Å²) < 4.78 is 6.88. The summed E-state index contributed by atoms with van der Waals surface area (Å²) >= 11 is 0. The molecule has 0 radical (unpaired) electrons. The second-order valence-electron chi connectivity index (χ2n) is 5.36. The van der Waals surface area contributed by atoms with Gasteiger partial charge < -0.3 is 9.64 Å². The van der Waals surface area contributed by atoms with E-state index < -0.39 is 0 Å². The van der Waals surface area contributed by atoms with E-state index in [1.54, 1.807) is 22.7 Å². The van der Waals surface area contributed by atoms with E-state index in [0.717, 1.165) is 30.6 Å². The molecule has 0 saturated carbocycles. The van der Waals surface area contributed by atoms with Crippen LogP contribution in [0.3, 0.4) is 0 Å². The lowest BCUT2D eigenvalue weighted by atomic mass is 10.2. The van der Waals surface area contributed by atoms with Crippen molar-refractivity contribution in [1.29, 1.82) is 0 Å². The monoisotopic (exact) mass is 290 g/mol. The third-order valence-electron chi connectivity index (χ3n) is 3.14. The lowest BCUT2D eigenvalue weighted by Crippen LogP contribution is -2.30. The molecule has 0 aromatic carbocycles. The number of hydrogen-bond donors (Lipinski definition) is 0. The third kappa shape index (κ3) is 4.44. The highest BCUT2D eigenvalue weighted by atomic mass is 16.6. The van der Waals surface area contributed by atoms with Crippen LogP contribution in [0.4, 0.5) is 4.79 Å². The average molecular weight is 290 g/mol. The Balaban J connectivity index is 1.72. The van der Waals surface area contributed by atoms with Crippen LogP contribution in [-0.4, -0.2) is 45.3 Å². The quantitative estimate of drug-likeness (QED) is 0.767. The van der Waals surface area contributed by atoms with Gasteiger partial charge >= 0.3 is 6.09 Å². The van der Waals surface area contributed by atoms with Crippen molar-refractivity contribution in [3.8, 4) is 0 Å². The van der Waals surface area contributed by atoms with Gasteiger partial charge in [0.25, 0.3) is 0 Å². The van der Waals surface area contributed by atoms with E-state index in [0.29, 0.717) is 6.54 Å². The standard InChI is InChI=1S/C15H22N4O2/c1-12(2)21-15(20)18(3)10-5-4-6-13-8-11-19-14(17-13)7-9-16-19/h7-9,11-12H,4-6,10H2,1-3H3. The van der Waals surface area contributed by atoms with Crippen molar-refractivity contribution in [3.05, 3.63) is 30.2 Å². The Morgan fingerprint density at radius 2 is 2.19 bits per heavy atom. The van der Waals surface area contributed by atoms with E-state index in [9.17, 15) is 4.79 Å². The topological polar surface area (TPSA) is 59.7 Å². The van der Waals surface area contributed by atoms with Gasteiger partial charge in [-0.3, -0.25) is 0 Å². The molecular formula is C15H22N4O2. The summed E-state index contributed by atoms with van der Waals surface area (Å²) in [7, 11) is 1.77. The van der Waals surface area contributed by atoms with Gasteiger partial charge in [-0.25, -0.2) is 14.3 Å². The van der Waals surface area contributed by atoms with Crippen LogP contribution in [0.1, 0.15) is 32.4 Å². The molecule has 1 amide bonds. The lowest BCUT2D eigenvalue weighted by Gasteiger charge is -2.18. The van der Waals surface area contributed by atoms with Crippen LogP contribution in [0.5, 0.6) is 0 Å². The minimum atomic E-state index is -0.260. The van der Waals surface area contributed by atoms with Crippen LogP contribution in [0, 0.1) is 0 Å². The van der Waals surface area contributed by atoms with Gasteiger partial charge in [0.15, 0.2) is 5.65 Å². The number of aromatic nitrogens is 3. The maximum Gasteiger partial charge on any atom is 0.409 e. The molecule has 114 valence electrons. The van der Waals surface area contributed by atoms with Crippen molar-refractivity contribution in [2.75, 3.05) is 13.6 Å². The predicted molar refractivity (Wildman–Crippen MR) is 80.2 cm³/mol. The van der Waals surface area contributed by atoms with Crippen LogP contribution in [0.2, 0.25) is 0 Å². The number of carbonyl (C=O) groups excluding carboxylic acids is 1. The van der Waals surface area contributed by atoms with Crippen molar-refractivity contribution < 1.29 is 9.53 Å². The Kier molecular flexibility index (Phi) is 5.14. The number of ether oxygens (including phenoxy) is 1. The normalized spacial score (nSPS) is 11.0. The van der Waals surface area contributed by atoms with Crippen LogP contribution in [0.25, 0.3) is 5.65 Å². The number of hydrogen-bond acceptors (Lipinski definition) is 4. The summed E-state index contributed by atoms with van der Waals surface area (Å²) in [5.74, 6) is 0. The molecule has 0 aliphatic heterocycles. The summed E-state index contributed by atoms with van der Waals surface area (Å²) in [4.78, 5) is 17.8. The molecule has 0 N–H and O–H groups in total. The smallest absolute Gasteiger partial charge is 0.409 e. The first-order valence-electron chi connectivity index (χ1n) is 7.27. The van der Waals surface area contributed by atoms with Gasteiger partial charge in [-0.15, -0.1) is 0 Å². The van der Waals surface area contributed by atoms with Crippen LogP contribution < -0.4 is 0 Å². The Labute approximate surface area is 124 Å². The molecule has 0 unspecified atom stereocenters. The van der Waals surface area contributed by atoms with E-state index in [1.807, 2.05) is 32.2 Å². The Hall–Kier alpha value is -2.11. The molecule has 0 saturated heterocycles. The molecular weight excluding hydrogens is 268 g/mol. The molecule has 21 heavy (non-hydrogen) atoms. The fourth-order valence-corrected chi connectivity index (χ4v) is 2.03. The second kappa shape index (κ2) is 7.06. The fraction of sp³-hybridized carbons (Fsp3) is 0.533. The second-order valence-corrected chi connectivity index (χ2v) is 5.36. The molecule has 2 aromatic rings. The largest absolute Gasteiger partial charge is 0.447 e. The molecule has 6 heteroatoms. The zero-order valence-electron chi connectivity index (χ0n) is 12.8. The number of fused-ring (bicyclic) bond motifs is 1. The van der Waals surface area contributed by atoms with Crippen LogP contribution in [0.15, 0.2) is 24.5 Å². The first kappa shape index (κ1) is 15.3. The summed E-state index contributed by atoms with van der Waals surface area (Å²) in [5, 5.41) is 4.12. The van der Waals surface area contributed by atoms with Gasteiger partial charge in [0.2, 0.25) is 0 Å². The Bertz CT molecular complexity index is 594. The zero-order valence-corrected chi connectivity index (χ0v) is 12.8. The number of rotatable bonds is 6. The van der Waals surface area contributed by atoms with E-state index in [1.165, 1.54) is 0 Å². The number of unbranched alkanes of at least 4 members (excludes halogenated alkanes) is 1. The van der Waals surface area contributed by atoms with Gasteiger partial charge in [-0.1, -0.05) is 0 Å². The van der Waals surface area contributed by atoms with E-state index in [4.69, 9.17) is 4.74 Å². The van der Waals surface area contributed by atoms with Crippen molar-refractivity contribution in [2.24, 2.45) is 0 Å². The highest BCUT2D eigenvalue weighted by Crippen LogP contribution is 2.06. The van der Waals surface area contributed by atoms with Gasteiger partial charge in [-0.05, 0) is 39.2 Å². The Morgan fingerprint density at radius 1 is 1.38 bits per heavy atom. The van der Waals surface area contributed by atoms with E-state index in [2.05, 4.69) is 10.1 Å². The predicted octanol–water partition coefficient (Wildman–Crippen LogP) is 2.53. The first-order chi connectivity index (χ1) is 10.1. The molecule has 2 heterocycles. The van der Waals surface area contributed by atoms with Gasteiger partial charge in [0.1, 0.15) is 0 Å². The Morgan fingerprint density at radius 3 is 2.95 bits per heavy atom. The van der Waals surface area contributed by atoms with E-state index in [-0.39, 0.29) is 12.2 Å². The maximum atomic E-state index is 11.6.